The minimum atomic E-state index is -1.02. The Labute approximate surface area is 125 Å². The van der Waals surface area contributed by atoms with Gasteiger partial charge < -0.3 is 5.11 Å². The van der Waals surface area contributed by atoms with E-state index in [1.54, 1.807) is 6.07 Å². The fourth-order valence-electron chi connectivity index (χ4n) is 2.61. The standard InChI is InChI=1S/C17H22FNO2/c1-2-19(11-13-4-3-5-13)12-15-6-8-16(18)10-14(15)7-9-17(20)21/h6-10,13H,2-5,11-12H2,1H3,(H,20,21)/b9-7+. The number of nitrogens with zero attached hydrogens (tertiary/aromatic N) is 1. The Bertz CT molecular complexity index is 524. The van der Waals surface area contributed by atoms with E-state index in [0.717, 1.165) is 37.2 Å². The number of halogens is 1. The van der Waals surface area contributed by atoms with Gasteiger partial charge in [0.05, 0.1) is 0 Å². The molecule has 0 radical (unpaired) electrons. The van der Waals surface area contributed by atoms with Gasteiger partial charge in [-0.05, 0) is 54.6 Å². The van der Waals surface area contributed by atoms with E-state index in [2.05, 4.69) is 11.8 Å². The molecule has 3 nitrogen and oxygen atoms in total. The van der Waals surface area contributed by atoms with Crippen molar-refractivity contribution < 1.29 is 14.3 Å². The van der Waals surface area contributed by atoms with Gasteiger partial charge in [-0.3, -0.25) is 4.90 Å². The summed E-state index contributed by atoms with van der Waals surface area (Å²) in [6.45, 7) is 4.85. The zero-order chi connectivity index (χ0) is 15.2. The summed E-state index contributed by atoms with van der Waals surface area (Å²) in [7, 11) is 0. The predicted octanol–water partition coefficient (Wildman–Crippen LogP) is 3.55. The van der Waals surface area contributed by atoms with E-state index in [-0.39, 0.29) is 5.82 Å². The topological polar surface area (TPSA) is 40.5 Å². The third kappa shape index (κ3) is 4.67. The number of hydrogen-bond acceptors (Lipinski definition) is 2. The first-order valence-corrected chi connectivity index (χ1v) is 7.50. The molecule has 0 aromatic heterocycles. The molecule has 0 bridgehead atoms. The van der Waals surface area contributed by atoms with E-state index in [1.807, 2.05) is 0 Å². The maximum absolute atomic E-state index is 13.4. The summed E-state index contributed by atoms with van der Waals surface area (Å²) in [5.41, 5.74) is 1.61. The largest absolute Gasteiger partial charge is 0.478 e. The minimum absolute atomic E-state index is 0.342. The van der Waals surface area contributed by atoms with Crippen molar-refractivity contribution in [3.05, 3.63) is 41.2 Å². The molecule has 21 heavy (non-hydrogen) atoms. The van der Waals surface area contributed by atoms with Crippen molar-refractivity contribution in [2.45, 2.75) is 32.7 Å². The van der Waals surface area contributed by atoms with Crippen LogP contribution in [0.2, 0.25) is 0 Å². The predicted molar refractivity (Wildman–Crippen MR) is 81.4 cm³/mol. The van der Waals surface area contributed by atoms with E-state index in [1.165, 1.54) is 37.5 Å². The number of carboxylic acids is 1. The van der Waals surface area contributed by atoms with Crippen molar-refractivity contribution in [1.29, 1.82) is 0 Å². The van der Waals surface area contributed by atoms with Crippen LogP contribution in [0.25, 0.3) is 6.08 Å². The maximum atomic E-state index is 13.4. The second-order valence-corrected chi connectivity index (χ2v) is 5.64. The second-order valence-electron chi connectivity index (χ2n) is 5.64. The summed E-state index contributed by atoms with van der Waals surface area (Å²) in [5.74, 6) is -0.582. The molecule has 1 N–H and O–H groups in total. The molecule has 1 aliphatic carbocycles. The summed E-state index contributed by atoms with van der Waals surface area (Å²) < 4.78 is 13.4. The fraction of sp³-hybridized carbons (Fsp3) is 0.471. The van der Waals surface area contributed by atoms with E-state index in [0.29, 0.717) is 5.56 Å². The van der Waals surface area contributed by atoms with Crippen molar-refractivity contribution in [2.24, 2.45) is 5.92 Å². The third-order valence-electron chi connectivity index (χ3n) is 4.10. The van der Waals surface area contributed by atoms with Gasteiger partial charge in [0.15, 0.2) is 0 Å². The summed E-state index contributed by atoms with van der Waals surface area (Å²) >= 11 is 0. The smallest absolute Gasteiger partial charge is 0.328 e. The SMILES string of the molecule is CCN(Cc1ccc(F)cc1/C=C/C(=O)O)CC1CCC1. The van der Waals surface area contributed by atoms with Gasteiger partial charge in [-0.2, -0.15) is 0 Å². The molecule has 1 aromatic carbocycles. The summed E-state index contributed by atoms with van der Waals surface area (Å²) in [4.78, 5) is 13.0. The quantitative estimate of drug-likeness (QED) is 0.781. The molecule has 2 rings (SSSR count). The summed E-state index contributed by atoms with van der Waals surface area (Å²) in [6.07, 6.45) is 6.45. The van der Waals surface area contributed by atoms with Gasteiger partial charge in [-0.15, -0.1) is 0 Å². The number of carbonyl (C=O) groups is 1. The molecule has 0 aliphatic heterocycles. The van der Waals surface area contributed by atoms with Crippen LogP contribution >= 0.6 is 0 Å². The number of hydrogen-bond donors (Lipinski definition) is 1. The molecule has 0 unspecified atom stereocenters. The van der Waals surface area contributed by atoms with Gasteiger partial charge in [0.2, 0.25) is 0 Å². The van der Waals surface area contributed by atoms with Crippen molar-refractivity contribution in [2.75, 3.05) is 13.1 Å². The Hall–Kier alpha value is -1.68. The summed E-state index contributed by atoms with van der Waals surface area (Å²) in [6, 6.07) is 4.58. The first kappa shape index (κ1) is 15.7. The zero-order valence-electron chi connectivity index (χ0n) is 12.4. The Morgan fingerprint density at radius 3 is 2.81 bits per heavy atom. The number of benzene rings is 1. The highest BCUT2D eigenvalue weighted by molar-refractivity contribution is 5.85. The molecule has 1 fully saturated rings. The number of rotatable bonds is 7. The van der Waals surface area contributed by atoms with Crippen LogP contribution in [0.5, 0.6) is 0 Å². The van der Waals surface area contributed by atoms with Gasteiger partial charge in [0.1, 0.15) is 5.82 Å². The van der Waals surface area contributed by atoms with Gasteiger partial charge >= 0.3 is 5.97 Å². The first-order valence-electron chi connectivity index (χ1n) is 7.50. The Morgan fingerprint density at radius 1 is 1.48 bits per heavy atom. The molecule has 0 heterocycles. The Morgan fingerprint density at radius 2 is 2.24 bits per heavy atom. The first-order chi connectivity index (χ1) is 10.1. The molecule has 0 spiro atoms. The maximum Gasteiger partial charge on any atom is 0.328 e. The second kappa shape index (κ2) is 7.36. The van der Waals surface area contributed by atoms with Crippen molar-refractivity contribution in [3.8, 4) is 0 Å². The van der Waals surface area contributed by atoms with Crippen LogP contribution in [-0.2, 0) is 11.3 Å². The molecule has 1 saturated carbocycles. The average Bonchev–Trinajstić information content (AvgIpc) is 2.40. The average molecular weight is 291 g/mol. The zero-order valence-corrected chi connectivity index (χ0v) is 12.4. The molecule has 1 aromatic rings. The lowest BCUT2D eigenvalue weighted by molar-refractivity contribution is -0.131. The number of aliphatic carboxylic acids is 1. The normalized spacial score (nSPS) is 15.6. The van der Waals surface area contributed by atoms with E-state index in [9.17, 15) is 9.18 Å². The van der Waals surface area contributed by atoms with Gasteiger partial charge in [0.25, 0.3) is 0 Å². The number of carboxylic acid groups (broad SMARTS) is 1. The lowest BCUT2D eigenvalue weighted by Gasteiger charge is -2.32. The van der Waals surface area contributed by atoms with Crippen molar-refractivity contribution in [1.82, 2.24) is 4.90 Å². The lowest BCUT2D eigenvalue weighted by Crippen LogP contribution is -2.32. The van der Waals surface area contributed by atoms with Gasteiger partial charge in [0, 0.05) is 19.2 Å². The van der Waals surface area contributed by atoms with Crippen LogP contribution in [0.3, 0.4) is 0 Å². The molecule has 0 atom stereocenters. The van der Waals surface area contributed by atoms with Crippen LogP contribution < -0.4 is 0 Å². The van der Waals surface area contributed by atoms with Crippen LogP contribution in [0.1, 0.15) is 37.3 Å². The summed E-state index contributed by atoms with van der Waals surface area (Å²) in [5, 5.41) is 8.73. The highest BCUT2D eigenvalue weighted by atomic mass is 19.1. The Kier molecular flexibility index (Phi) is 5.51. The Balaban J connectivity index is 2.11. The van der Waals surface area contributed by atoms with E-state index < -0.39 is 5.97 Å². The monoisotopic (exact) mass is 291 g/mol. The van der Waals surface area contributed by atoms with E-state index in [4.69, 9.17) is 5.11 Å². The highest BCUT2D eigenvalue weighted by Gasteiger charge is 2.20. The van der Waals surface area contributed by atoms with Crippen LogP contribution in [0, 0.1) is 11.7 Å². The van der Waals surface area contributed by atoms with Gasteiger partial charge in [-0.1, -0.05) is 19.4 Å². The van der Waals surface area contributed by atoms with Crippen molar-refractivity contribution in [3.63, 3.8) is 0 Å². The van der Waals surface area contributed by atoms with Gasteiger partial charge in [-0.25, -0.2) is 9.18 Å². The third-order valence-corrected chi connectivity index (χ3v) is 4.10. The molecule has 114 valence electrons. The molecule has 0 amide bonds. The van der Waals surface area contributed by atoms with Crippen LogP contribution in [0.4, 0.5) is 4.39 Å². The van der Waals surface area contributed by atoms with Crippen molar-refractivity contribution >= 4 is 12.0 Å². The fourth-order valence-corrected chi connectivity index (χ4v) is 2.61. The highest BCUT2D eigenvalue weighted by Crippen LogP contribution is 2.27. The molecule has 4 heteroatoms. The van der Waals surface area contributed by atoms with Crippen LogP contribution in [0.15, 0.2) is 24.3 Å². The minimum Gasteiger partial charge on any atom is -0.478 e. The molecular formula is C17H22FNO2. The molecule has 1 aliphatic rings. The molecule has 0 saturated heterocycles. The lowest BCUT2D eigenvalue weighted by atomic mass is 9.85. The van der Waals surface area contributed by atoms with Crippen LogP contribution in [-0.4, -0.2) is 29.1 Å². The van der Waals surface area contributed by atoms with E-state index >= 15 is 0 Å². The molecular weight excluding hydrogens is 269 g/mol.